The molecule has 1 fully saturated rings. The maximum Gasteiger partial charge on any atom is 0.0431 e. The highest BCUT2D eigenvalue weighted by atomic mass is 16.2. The molecule has 3 N–H and O–H groups in total. The number of aliphatic hydroxyl groups is 1. The molecule has 0 aliphatic carbocycles. The van der Waals surface area contributed by atoms with Crippen LogP contribution in [0.4, 0.5) is 0 Å². The Hall–Kier alpha value is -0.120. The molecule has 3 nitrogen and oxygen atoms in total. The number of aliphatic hydroxyl groups excluding tert-OH is 1. The second kappa shape index (κ2) is 5.58. The van der Waals surface area contributed by atoms with Crippen LogP contribution in [-0.2, 0) is 0 Å². The number of nitrogens with two attached hydrogens (primary N) is 1. The van der Waals surface area contributed by atoms with Gasteiger partial charge in [-0.1, -0.05) is 0 Å². The van der Waals surface area contributed by atoms with Crippen LogP contribution in [0, 0.1) is 0 Å². The fourth-order valence-corrected chi connectivity index (χ4v) is 2.21. The second-order valence-corrected chi connectivity index (χ2v) is 3.98. The summed E-state index contributed by atoms with van der Waals surface area (Å²) in [5, 5.41) is 8.77. The van der Waals surface area contributed by atoms with Gasteiger partial charge in [-0.15, -0.1) is 0 Å². The van der Waals surface area contributed by atoms with E-state index in [2.05, 4.69) is 11.8 Å². The van der Waals surface area contributed by atoms with E-state index in [9.17, 15) is 0 Å². The average Bonchev–Trinajstić information content (AvgIpc) is 2.61. The maximum atomic E-state index is 8.77. The van der Waals surface area contributed by atoms with E-state index in [4.69, 9.17) is 10.8 Å². The average molecular weight is 186 g/mol. The smallest absolute Gasteiger partial charge is 0.0431 e. The molecule has 2 unspecified atom stereocenters. The van der Waals surface area contributed by atoms with Gasteiger partial charge in [0, 0.05) is 25.2 Å². The molecule has 0 aromatic rings. The van der Waals surface area contributed by atoms with Gasteiger partial charge >= 0.3 is 0 Å². The summed E-state index contributed by atoms with van der Waals surface area (Å²) in [5.74, 6) is 0. The predicted molar refractivity (Wildman–Crippen MR) is 54.6 cm³/mol. The van der Waals surface area contributed by atoms with Crippen LogP contribution in [0.3, 0.4) is 0 Å². The minimum Gasteiger partial charge on any atom is -0.396 e. The molecule has 0 aromatic heterocycles. The van der Waals surface area contributed by atoms with Gasteiger partial charge in [-0.2, -0.15) is 0 Å². The van der Waals surface area contributed by atoms with Crippen molar-refractivity contribution in [2.24, 2.45) is 5.73 Å². The Labute approximate surface area is 80.9 Å². The molecule has 1 rings (SSSR count). The molecule has 0 aromatic carbocycles. The summed E-state index contributed by atoms with van der Waals surface area (Å²) in [6.07, 6.45) is 4.63. The summed E-state index contributed by atoms with van der Waals surface area (Å²) >= 11 is 0. The molecule has 0 radical (unpaired) electrons. The highest BCUT2D eigenvalue weighted by Crippen LogP contribution is 2.23. The van der Waals surface area contributed by atoms with Crippen LogP contribution in [0.1, 0.15) is 32.6 Å². The van der Waals surface area contributed by atoms with Gasteiger partial charge in [0.2, 0.25) is 0 Å². The molecule has 1 saturated heterocycles. The lowest BCUT2D eigenvalue weighted by molar-refractivity contribution is 0.174. The predicted octanol–water partition coefficient (Wildman–Crippen LogP) is 0.570. The summed E-state index contributed by atoms with van der Waals surface area (Å²) in [5.41, 5.74) is 5.65. The van der Waals surface area contributed by atoms with E-state index in [1.54, 1.807) is 0 Å². The summed E-state index contributed by atoms with van der Waals surface area (Å²) in [6, 6.07) is 1.18. The molecule has 2 atom stereocenters. The minimum atomic E-state index is 0.321. The van der Waals surface area contributed by atoms with Gasteiger partial charge in [0.1, 0.15) is 0 Å². The third-order valence-corrected chi connectivity index (χ3v) is 3.03. The first kappa shape index (κ1) is 11.0. The Kier molecular flexibility index (Phi) is 4.70. The molecule has 0 saturated carbocycles. The van der Waals surface area contributed by atoms with Crippen LogP contribution in [0.5, 0.6) is 0 Å². The molecule has 13 heavy (non-hydrogen) atoms. The van der Waals surface area contributed by atoms with E-state index >= 15 is 0 Å². The number of likely N-dealkylation sites (tertiary alicyclic amines) is 1. The van der Waals surface area contributed by atoms with Crippen molar-refractivity contribution < 1.29 is 5.11 Å². The van der Waals surface area contributed by atoms with Crippen molar-refractivity contribution in [1.29, 1.82) is 0 Å². The van der Waals surface area contributed by atoms with Gasteiger partial charge in [0.25, 0.3) is 0 Å². The van der Waals surface area contributed by atoms with E-state index in [0.29, 0.717) is 18.7 Å². The maximum absolute atomic E-state index is 8.77. The van der Waals surface area contributed by atoms with Crippen molar-refractivity contribution >= 4 is 0 Å². The van der Waals surface area contributed by atoms with Gasteiger partial charge in [-0.05, 0) is 39.2 Å². The topological polar surface area (TPSA) is 49.5 Å². The first-order valence-corrected chi connectivity index (χ1v) is 5.36. The minimum absolute atomic E-state index is 0.321. The lowest BCUT2D eigenvalue weighted by Gasteiger charge is -2.29. The quantitative estimate of drug-likeness (QED) is 0.660. The second-order valence-electron chi connectivity index (χ2n) is 3.98. The van der Waals surface area contributed by atoms with E-state index < -0.39 is 0 Å². The zero-order valence-corrected chi connectivity index (χ0v) is 8.58. The van der Waals surface area contributed by atoms with Crippen molar-refractivity contribution in [1.82, 2.24) is 4.90 Å². The zero-order chi connectivity index (χ0) is 9.68. The number of hydrogen-bond donors (Lipinski definition) is 2. The first-order chi connectivity index (χ1) is 6.29. The van der Waals surface area contributed by atoms with Crippen molar-refractivity contribution in [2.45, 2.75) is 44.7 Å². The van der Waals surface area contributed by atoms with Crippen molar-refractivity contribution in [3.8, 4) is 0 Å². The summed E-state index contributed by atoms with van der Waals surface area (Å²) in [4.78, 5) is 2.50. The third kappa shape index (κ3) is 2.93. The standard InChI is InChI=1S/C10H22N2O/c1-9(8-11)12-6-2-4-10(12)5-3-7-13/h9-10,13H,2-8,11H2,1H3. The Morgan fingerprint density at radius 3 is 3.00 bits per heavy atom. The van der Waals surface area contributed by atoms with E-state index in [-0.39, 0.29) is 0 Å². The molecule has 1 aliphatic heterocycles. The zero-order valence-electron chi connectivity index (χ0n) is 8.58. The fraction of sp³-hybridized carbons (Fsp3) is 1.00. The number of nitrogens with zero attached hydrogens (tertiary/aromatic N) is 1. The van der Waals surface area contributed by atoms with E-state index in [1.807, 2.05) is 0 Å². The van der Waals surface area contributed by atoms with Gasteiger partial charge in [-0.3, -0.25) is 4.90 Å². The van der Waals surface area contributed by atoms with Crippen molar-refractivity contribution in [3.05, 3.63) is 0 Å². The molecular formula is C10H22N2O. The van der Waals surface area contributed by atoms with Gasteiger partial charge in [0.05, 0.1) is 0 Å². The van der Waals surface area contributed by atoms with Crippen LogP contribution >= 0.6 is 0 Å². The van der Waals surface area contributed by atoms with Crippen LogP contribution < -0.4 is 5.73 Å². The monoisotopic (exact) mass is 186 g/mol. The third-order valence-electron chi connectivity index (χ3n) is 3.03. The van der Waals surface area contributed by atoms with Crippen molar-refractivity contribution in [3.63, 3.8) is 0 Å². The number of hydrogen-bond acceptors (Lipinski definition) is 3. The summed E-state index contributed by atoms with van der Waals surface area (Å²) in [6.45, 7) is 4.45. The van der Waals surface area contributed by atoms with Crippen LogP contribution in [0.2, 0.25) is 0 Å². The molecule has 0 spiro atoms. The van der Waals surface area contributed by atoms with Gasteiger partial charge in [-0.25, -0.2) is 0 Å². The normalized spacial score (nSPS) is 26.5. The molecule has 0 bridgehead atoms. The fourth-order valence-electron chi connectivity index (χ4n) is 2.21. The lowest BCUT2D eigenvalue weighted by Crippen LogP contribution is -2.41. The Morgan fingerprint density at radius 2 is 2.38 bits per heavy atom. The van der Waals surface area contributed by atoms with E-state index in [1.165, 1.54) is 19.4 Å². The first-order valence-electron chi connectivity index (χ1n) is 5.36. The Morgan fingerprint density at radius 1 is 1.62 bits per heavy atom. The van der Waals surface area contributed by atoms with Crippen molar-refractivity contribution in [2.75, 3.05) is 19.7 Å². The van der Waals surface area contributed by atoms with Gasteiger partial charge in [0.15, 0.2) is 0 Å². The molecule has 0 amide bonds. The largest absolute Gasteiger partial charge is 0.396 e. The highest BCUT2D eigenvalue weighted by molar-refractivity contribution is 4.83. The number of rotatable bonds is 5. The Balaban J connectivity index is 2.34. The SMILES string of the molecule is CC(CN)N1CCCC1CCCO. The Bertz CT molecular complexity index is 141. The summed E-state index contributed by atoms with van der Waals surface area (Å²) < 4.78 is 0. The highest BCUT2D eigenvalue weighted by Gasteiger charge is 2.26. The molecule has 3 heteroatoms. The van der Waals surface area contributed by atoms with Crippen LogP contribution in [0.15, 0.2) is 0 Å². The van der Waals surface area contributed by atoms with Gasteiger partial charge < -0.3 is 10.8 Å². The molecule has 78 valence electrons. The van der Waals surface area contributed by atoms with Crippen LogP contribution in [0.25, 0.3) is 0 Å². The van der Waals surface area contributed by atoms with Crippen LogP contribution in [-0.4, -0.2) is 41.8 Å². The van der Waals surface area contributed by atoms with E-state index in [0.717, 1.165) is 19.4 Å². The molecular weight excluding hydrogens is 164 g/mol. The molecule has 1 aliphatic rings. The molecule has 1 heterocycles. The lowest BCUT2D eigenvalue weighted by atomic mass is 10.1. The summed E-state index contributed by atoms with van der Waals surface area (Å²) in [7, 11) is 0.